The second kappa shape index (κ2) is 6.14. The molecule has 0 heterocycles. The molecule has 0 spiro atoms. The van der Waals surface area contributed by atoms with Gasteiger partial charge in [-0.05, 0) is 53.4 Å². The summed E-state index contributed by atoms with van der Waals surface area (Å²) in [6.45, 7) is 4.41. The number of benzene rings is 2. The second-order valence-corrected chi connectivity index (χ2v) is 4.66. The van der Waals surface area contributed by atoms with Gasteiger partial charge < -0.3 is 5.32 Å². The number of hydrogen-bond donors (Lipinski definition) is 1. The van der Waals surface area contributed by atoms with E-state index >= 15 is 0 Å². The Morgan fingerprint density at radius 2 is 1.79 bits per heavy atom. The Balaban J connectivity index is 2.24. The summed E-state index contributed by atoms with van der Waals surface area (Å²) in [4.78, 5) is 10.4. The third kappa shape index (κ3) is 3.19. The number of nitrogens with one attached hydrogen (secondary N) is 1. The third-order valence-electron chi connectivity index (χ3n) is 3.36. The van der Waals surface area contributed by atoms with Crippen molar-refractivity contribution in [3.05, 3.63) is 59.0 Å². The standard InChI is InChI=1S/C16H18N2O/c1-3-12(2)15-6-4-5-7-16(15)17-13-8-10-14(18-19)11-9-13/h4-12,17H,3H2,1-2H3. The quantitative estimate of drug-likeness (QED) is 0.731. The molecule has 98 valence electrons. The monoisotopic (exact) mass is 254 g/mol. The van der Waals surface area contributed by atoms with E-state index in [1.165, 1.54) is 5.56 Å². The van der Waals surface area contributed by atoms with Gasteiger partial charge in [0, 0.05) is 11.4 Å². The van der Waals surface area contributed by atoms with Crippen LogP contribution in [0.25, 0.3) is 0 Å². The Hall–Kier alpha value is -2.16. The normalized spacial score (nSPS) is 11.9. The Morgan fingerprint density at radius 1 is 1.11 bits per heavy atom. The summed E-state index contributed by atoms with van der Waals surface area (Å²) in [5.41, 5.74) is 3.83. The summed E-state index contributed by atoms with van der Waals surface area (Å²) in [6.07, 6.45) is 1.10. The van der Waals surface area contributed by atoms with Crippen LogP contribution in [-0.2, 0) is 0 Å². The van der Waals surface area contributed by atoms with E-state index in [9.17, 15) is 4.91 Å². The second-order valence-electron chi connectivity index (χ2n) is 4.66. The van der Waals surface area contributed by atoms with Gasteiger partial charge in [0.1, 0.15) is 5.69 Å². The molecule has 3 heteroatoms. The third-order valence-corrected chi connectivity index (χ3v) is 3.36. The van der Waals surface area contributed by atoms with Crippen LogP contribution in [0.1, 0.15) is 31.7 Å². The molecular formula is C16H18N2O. The summed E-state index contributed by atoms with van der Waals surface area (Å²) < 4.78 is 0. The fourth-order valence-electron chi connectivity index (χ4n) is 2.02. The molecule has 0 amide bonds. The molecule has 1 unspecified atom stereocenters. The van der Waals surface area contributed by atoms with E-state index in [0.717, 1.165) is 17.8 Å². The first-order chi connectivity index (χ1) is 9.24. The Kier molecular flexibility index (Phi) is 4.29. The van der Waals surface area contributed by atoms with Crippen LogP contribution in [-0.4, -0.2) is 0 Å². The van der Waals surface area contributed by atoms with Gasteiger partial charge in [0.25, 0.3) is 0 Å². The minimum absolute atomic E-state index is 0.445. The fraction of sp³-hybridized carbons (Fsp3) is 0.250. The number of nitroso groups, excluding NO2 is 1. The molecule has 0 aliphatic rings. The van der Waals surface area contributed by atoms with E-state index in [0.29, 0.717) is 11.6 Å². The summed E-state index contributed by atoms with van der Waals surface area (Å²) in [6, 6.07) is 15.5. The molecule has 2 rings (SSSR count). The van der Waals surface area contributed by atoms with E-state index < -0.39 is 0 Å². The zero-order valence-corrected chi connectivity index (χ0v) is 11.3. The van der Waals surface area contributed by atoms with Gasteiger partial charge in [0.05, 0.1) is 0 Å². The molecule has 3 nitrogen and oxygen atoms in total. The summed E-state index contributed by atoms with van der Waals surface area (Å²) in [7, 11) is 0. The first kappa shape index (κ1) is 13.3. The summed E-state index contributed by atoms with van der Waals surface area (Å²) >= 11 is 0. The molecule has 0 aliphatic heterocycles. The molecule has 2 aromatic rings. The van der Waals surface area contributed by atoms with E-state index in [1.54, 1.807) is 12.1 Å². The van der Waals surface area contributed by atoms with Gasteiger partial charge in [-0.15, -0.1) is 4.91 Å². The largest absolute Gasteiger partial charge is 0.355 e. The van der Waals surface area contributed by atoms with Crippen LogP contribution in [0.2, 0.25) is 0 Å². The van der Waals surface area contributed by atoms with E-state index in [1.807, 2.05) is 18.2 Å². The van der Waals surface area contributed by atoms with Gasteiger partial charge in [0.15, 0.2) is 0 Å². The predicted octanol–water partition coefficient (Wildman–Crippen LogP) is 5.34. The van der Waals surface area contributed by atoms with Gasteiger partial charge in [-0.1, -0.05) is 32.0 Å². The number of anilines is 2. The highest BCUT2D eigenvalue weighted by atomic mass is 16.3. The Bertz CT molecular complexity index is 549. The lowest BCUT2D eigenvalue weighted by Gasteiger charge is -2.16. The van der Waals surface area contributed by atoms with Crippen molar-refractivity contribution in [1.29, 1.82) is 0 Å². The number of nitrogens with zero attached hydrogens (tertiary/aromatic N) is 1. The van der Waals surface area contributed by atoms with Crippen molar-refractivity contribution in [3.63, 3.8) is 0 Å². The van der Waals surface area contributed by atoms with Gasteiger partial charge in [0.2, 0.25) is 0 Å². The summed E-state index contributed by atoms with van der Waals surface area (Å²) in [5.74, 6) is 0.514. The van der Waals surface area contributed by atoms with Gasteiger partial charge in [-0.25, -0.2) is 0 Å². The lowest BCUT2D eigenvalue weighted by molar-refractivity contribution is 0.735. The van der Waals surface area contributed by atoms with E-state index in [2.05, 4.69) is 42.5 Å². The fourth-order valence-corrected chi connectivity index (χ4v) is 2.02. The van der Waals surface area contributed by atoms with E-state index in [-0.39, 0.29) is 0 Å². The number of para-hydroxylation sites is 1. The highest BCUT2D eigenvalue weighted by molar-refractivity contribution is 5.65. The maximum absolute atomic E-state index is 10.4. The molecule has 0 aromatic heterocycles. The lowest BCUT2D eigenvalue weighted by Crippen LogP contribution is -1.99. The minimum Gasteiger partial charge on any atom is -0.355 e. The SMILES string of the molecule is CCC(C)c1ccccc1Nc1ccc(N=O)cc1. The number of rotatable bonds is 5. The highest BCUT2D eigenvalue weighted by Gasteiger charge is 2.08. The van der Waals surface area contributed by atoms with Crippen LogP contribution in [0.3, 0.4) is 0 Å². The molecule has 0 radical (unpaired) electrons. The predicted molar refractivity (Wildman–Crippen MR) is 80.3 cm³/mol. The number of hydrogen-bond acceptors (Lipinski definition) is 3. The summed E-state index contributed by atoms with van der Waals surface area (Å²) in [5, 5.41) is 6.30. The Morgan fingerprint density at radius 3 is 2.42 bits per heavy atom. The van der Waals surface area contributed by atoms with Crippen LogP contribution in [0.4, 0.5) is 17.1 Å². The van der Waals surface area contributed by atoms with Gasteiger partial charge >= 0.3 is 0 Å². The minimum atomic E-state index is 0.445. The molecule has 0 saturated carbocycles. The molecule has 1 atom stereocenters. The topological polar surface area (TPSA) is 41.5 Å². The molecular weight excluding hydrogens is 236 g/mol. The zero-order chi connectivity index (χ0) is 13.7. The Labute approximate surface area is 113 Å². The van der Waals surface area contributed by atoms with Crippen molar-refractivity contribution in [2.45, 2.75) is 26.2 Å². The van der Waals surface area contributed by atoms with Crippen LogP contribution >= 0.6 is 0 Å². The van der Waals surface area contributed by atoms with Gasteiger partial charge in [-0.3, -0.25) is 0 Å². The molecule has 0 saturated heterocycles. The molecule has 0 aliphatic carbocycles. The molecule has 19 heavy (non-hydrogen) atoms. The van der Waals surface area contributed by atoms with Crippen molar-refractivity contribution in [2.24, 2.45) is 5.18 Å². The van der Waals surface area contributed by atoms with Crippen LogP contribution < -0.4 is 5.32 Å². The van der Waals surface area contributed by atoms with Crippen LogP contribution in [0.5, 0.6) is 0 Å². The maximum Gasteiger partial charge on any atom is 0.108 e. The molecule has 0 fully saturated rings. The van der Waals surface area contributed by atoms with Crippen molar-refractivity contribution in [2.75, 3.05) is 5.32 Å². The highest BCUT2D eigenvalue weighted by Crippen LogP contribution is 2.29. The maximum atomic E-state index is 10.4. The van der Waals surface area contributed by atoms with Crippen LogP contribution in [0, 0.1) is 4.91 Å². The van der Waals surface area contributed by atoms with E-state index in [4.69, 9.17) is 0 Å². The average Bonchev–Trinajstić information content (AvgIpc) is 2.48. The van der Waals surface area contributed by atoms with Crippen molar-refractivity contribution in [3.8, 4) is 0 Å². The zero-order valence-electron chi connectivity index (χ0n) is 11.3. The lowest BCUT2D eigenvalue weighted by atomic mass is 9.97. The average molecular weight is 254 g/mol. The van der Waals surface area contributed by atoms with Gasteiger partial charge in [-0.2, -0.15) is 0 Å². The van der Waals surface area contributed by atoms with Crippen molar-refractivity contribution >= 4 is 17.1 Å². The first-order valence-corrected chi connectivity index (χ1v) is 6.54. The smallest absolute Gasteiger partial charge is 0.108 e. The molecule has 2 aromatic carbocycles. The molecule has 1 N–H and O–H groups in total. The first-order valence-electron chi connectivity index (χ1n) is 6.54. The molecule has 0 bridgehead atoms. The van der Waals surface area contributed by atoms with Crippen LogP contribution in [0.15, 0.2) is 53.7 Å². The van der Waals surface area contributed by atoms with Crippen molar-refractivity contribution in [1.82, 2.24) is 0 Å². The van der Waals surface area contributed by atoms with Crippen molar-refractivity contribution < 1.29 is 0 Å².